The molecule has 4 heterocycles. The van der Waals surface area contributed by atoms with E-state index in [2.05, 4.69) is 117 Å². The van der Waals surface area contributed by atoms with Crippen molar-refractivity contribution in [2.45, 2.75) is 44.5 Å². The zero-order valence-electron chi connectivity index (χ0n) is 35.9. The number of nitrogens with one attached hydrogen (secondary N) is 2. The monoisotopic (exact) mass is 1300 g/mol. The molecule has 352 valence electrons. The Morgan fingerprint density at radius 3 is 1.66 bits per heavy atom. The van der Waals surface area contributed by atoms with Crippen LogP contribution in [0.25, 0.3) is 0 Å². The van der Waals surface area contributed by atoms with Gasteiger partial charge < -0.3 is 39.6 Å². The number of carbonyl (C=O) groups excluding carboxylic acids is 3. The summed E-state index contributed by atoms with van der Waals surface area (Å²) >= 11 is 21.3. The van der Waals surface area contributed by atoms with Gasteiger partial charge in [0.1, 0.15) is 30.2 Å². The average Bonchev–Trinajstić information content (AvgIpc) is 3.31. The summed E-state index contributed by atoms with van der Waals surface area (Å²) < 4.78 is 21.2. The molecule has 5 aromatic carbocycles. The van der Waals surface area contributed by atoms with Gasteiger partial charge in [-0.1, -0.05) is 71.0 Å². The molecule has 0 radical (unpaired) electrons. The van der Waals surface area contributed by atoms with Crippen molar-refractivity contribution in [1.29, 1.82) is 0 Å². The molecule has 0 spiro atoms. The Kier molecular flexibility index (Phi) is 17.9. The van der Waals surface area contributed by atoms with Crippen molar-refractivity contribution in [3.05, 3.63) is 170 Å². The Bertz CT molecular complexity index is 2800. The molecule has 13 nitrogen and oxygen atoms in total. The second-order valence-corrected chi connectivity index (χ2v) is 20.5. The third-order valence-electron chi connectivity index (χ3n) is 10.5. The van der Waals surface area contributed by atoms with E-state index in [4.69, 9.17) is 23.9 Å². The van der Waals surface area contributed by atoms with Gasteiger partial charge in [0.05, 0.1) is 26.8 Å². The van der Waals surface area contributed by atoms with Crippen LogP contribution in [0, 0.1) is 0 Å². The summed E-state index contributed by atoms with van der Waals surface area (Å²) in [6, 6.07) is 29.3. The van der Waals surface area contributed by atoms with Crippen LogP contribution in [0.5, 0.6) is 23.0 Å². The van der Waals surface area contributed by atoms with Gasteiger partial charge in [0.25, 0.3) is 11.8 Å². The standard InChI is InChI=1S/C49H40Br6N4O9/c1-64-49-13-15-57-48(63)39(58-65-26-28-8-4-2-5-9-28)21-31-19-36(53)45(37(54)20-31)67-41-23-32(18-33(50)43(41)60)22-40(59-66-27-29-10-6-3-7-11-29)47(62)56-14-12-30-16-34(51)46(35(52)17-30)68-42(25-49)44(61)38(55)24-49/h2-11,16-20,23-25,60H,12-15,21-22,26-27H2,1H3,(H,56,62)(H,57,63)/b58-39+,59-40+. The van der Waals surface area contributed by atoms with Gasteiger partial charge in [0, 0.05) is 39.5 Å². The summed E-state index contributed by atoms with van der Waals surface area (Å²) in [7, 11) is 1.50. The number of methoxy groups -OCH3 is 1. The van der Waals surface area contributed by atoms with Crippen LogP contribution in [0.4, 0.5) is 0 Å². The number of halogens is 6. The number of aromatic hydroxyl groups is 1. The summed E-state index contributed by atoms with van der Waals surface area (Å²) in [5.41, 5.74) is 2.76. The lowest BCUT2D eigenvalue weighted by atomic mass is 9.92. The lowest BCUT2D eigenvalue weighted by Gasteiger charge is -2.30. The number of benzene rings is 5. The smallest absolute Gasteiger partial charge is 0.269 e. The zero-order valence-corrected chi connectivity index (χ0v) is 45.4. The van der Waals surface area contributed by atoms with Gasteiger partial charge >= 0.3 is 0 Å². The maximum Gasteiger partial charge on any atom is 0.269 e. The van der Waals surface area contributed by atoms with Gasteiger partial charge in [-0.25, -0.2) is 0 Å². The number of rotatable bonds is 7. The van der Waals surface area contributed by atoms with E-state index in [1.54, 1.807) is 36.4 Å². The first kappa shape index (κ1) is 51.2. The van der Waals surface area contributed by atoms with Crippen molar-refractivity contribution < 1.29 is 43.4 Å². The molecule has 8 bridgehead atoms. The highest BCUT2D eigenvalue weighted by molar-refractivity contribution is 9.12. The largest absolute Gasteiger partial charge is 0.503 e. The van der Waals surface area contributed by atoms with Gasteiger partial charge in [-0.15, -0.1) is 0 Å². The number of phenolic OH excluding ortho intramolecular Hbond substituents is 1. The minimum Gasteiger partial charge on any atom is -0.503 e. The fraction of sp³-hybridized carbons (Fsp3) is 0.204. The molecule has 1 aliphatic carbocycles. The molecule has 5 aliphatic rings. The molecule has 0 saturated carbocycles. The third kappa shape index (κ3) is 13.4. The Morgan fingerprint density at radius 2 is 1.12 bits per heavy atom. The lowest BCUT2D eigenvalue weighted by molar-refractivity contribution is -0.116. The Hall–Kier alpha value is -4.63. The number of ketones is 1. The van der Waals surface area contributed by atoms with Gasteiger partial charge in [0.15, 0.2) is 28.8 Å². The first-order chi connectivity index (χ1) is 32.7. The molecule has 4 aliphatic heterocycles. The van der Waals surface area contributed by atoms with E-state index in [0.29, 0.717) is 51.4 Å². The van der Waals surface area contributed by atoms with Crippen molar-refractivity contribution >= 4 is 125 Å². The van der Waals surface area contributed by atoms with E-state index < -0.39 is 23.2 Å². The number of Topliss-reactive ketones (excluding diaryl/α,β-unsaturated/α-hetero) is 1. The van der Waals surface area contributed by atoms with Crippen LogP contribution in [-0.2, 0) is 61.3 Å². The molecule has 2 amide bonds. The molecule has 3 N–H and O–H groups in total. The minimum absolute atomic E-state index is 0.00101. The number of phenols is 1. The summed E-state index contributed by atoms with van der Waals surface area (Å²) in [5, 5.41) is 25.7. The van der Waals surface area contributed by atoms with E-state index in [0.717, 1.165) is 16.7 Å². The topological polar surface area (TPSA) is 166 Å². The van der Waals surface area contributed by atoms with E-state index in [-0.39, 0.29) is 78.7 Å². The molecule has 0 saturated heterocycles. The number of ether oxygens (including phenoxy) is 3. The van der Waals surface area contributed by atoms with Crippen LogP contribution >= 0.6 is 95.6 Å². The average molecular weight is 1310 g/mol. The summed E-state index contributed by atoms with van der Waals surface area (Å²) in [5.74, 6) is -0.824. The van der Waals surface area contributed by atoms with Crippen LogP contribution < -0.4 is 20.1 Å². The van der Waals surface area contributed by atoms with Crippen molar-refractivity contribution in [1.82, 2.24) is 10.6 Å². The van der Waals surface area contributed by atoms with Crippen LogP contribution in [-0.4, -0.2) is 59.9 Å². The van der Waals surface area contributed by atoms with E-state index in [9.17, 15) is 19.5 Å². The summed E-state index contributed by atoms with van der Waals surface area (Å²) in [6.07, 6.45) is 3.86. The Balaban J connectivity index is 1.25. The lowest BCUT2D eigenvalue weighted by Crippen LogP contribution is -2.39. The Morgan fingerprint density at radius 1 is 0.632 bits per heavy atom. The van der Waals surface area contributed by atoms with E-state index >= 15 is 0 Å². The first-order valence-electron chi connectivity index (χ1n) is 20.8. The highest BCUT2D eigenvalue weighted by atomic mass is 79.9. The predicted octanol–water partition coefficient (Wildman–Crippen LogP) is 11.6. The third-order valence-corrected chi connectivity index (χ3v) is 14.0. The molecule has 10 rings (SSSR count). The fourth-order valence-electron chi connectivity index (χ4n) is 6.97. The minimum atomic E-state index is -1.17. The number of carbonyl (C=O) groups is 3. The number of oxime groups is 2. The zero-order chi connectivity index (χ0) is 48.4. The predicted molar refractivity (Wildman–Crippen MR) is 279 cm³/mol. The molecule has 68 heavy (non-hydrogen) atoms. The molecular formula is C49H40Br6N4O9. The number of nitrogens with zero attached hydrogens (tertiary/aromatic N) is 2. The maximum atomic E-state index is 14.0. The van der Waals surface area contributed by atoms with Gasteiger partial charge in [-0.3, -0.25) is 14.4 Å². The van der Waals surface area contributed by atoms with Crippen molar-refractivity contribution in [3.8, 4) is 23.0 Å². The van der Waals surface area contributed by atoms with Crippen molar-refractivity contribution in [3.63, 3.8) is 0 Å². The van der Waals surface area contributed by atoms with Crippen molar-refractivity contribution in [2.75, 3.05) is 20.2 Å². The normalized spacial score (nSPS) is 18.4. The summed E-state index contributed by atoms with van der Waals surface area (Å²) in [6.45, 7) is 0.575. The van der Waals surface area contributed by atoms with Gasteiger partial charge in [0.2, 0.25) is 5.78 Å². The molecule has 1 unspecified atom stereocenters. The highest BCUT2D eigenvalue weighted by Gasteiger charge is 2.35. The molecule has 0 aromatic heterocycles. The van der Waals surface area contributed by atoms with E-state index in [1.165, 1.54) is 7.11 Å². The van der Waals surface area contributed by atoms with Gasteiger partial charge in [-0.2, -0.15) is 0 Å². The molecule has 5 aromatic rings. The van der Waals surface area contributed by atoms with Crippen molar-refractivity contribution in [2.24, 2.45) is 10.3 Å². The number of hydrogen-bond donors (Lipinski definition) is 3. The second kappa shape index (κ2) is 23.8. The maximum absolute atomic E-state index is 14.0. The quantitative estimate of drug-likeness (QED) is 0.134. The van der Waals surface area contributed by atoms with Crippen LogP contribution in [0.15, 0.2) is 152 Å². The van der Waals surface area contributed by atoms with Gasteiger partial charge in [-0.05, 0) is 178 Å². The number of hydrogen-bond acceptors (Lipinski definition) is 11. The SMILES string of the molecule is COC12C=C(Br)C(=O)C(=C1)Oc1c(Br)cc(cc1Br)CCNC(=O)/C(=N/OCc1ccccc1)Cc1cc(Br)c(O)c(c1)Oc1c(Br)cc(cc1Br)C/C(=N\OCc1ccccc1)C(=O)NCC2. The fourth-order valence-corrected chi connectivity index (χ4v) is 10.9. The molecular weight excluding hydrogens is 1270 g/mol. The van der Waals surface area contributed by atoms with Crippen LogP contribution in [0.2, 0.25) is 0 Å². The second-order valence-electron chi connectivity index (χ2n) is 15.4. The van der Waals surface area contributed by atoms with E-state index in [1.807, 2.05) is 72.8 Å². The molecule has 1 atom stereocenters. The Labute approximate surface area is 442 Å². The molecule has 19 heteroatoms. The van der Waals surface area contributed by atoms with Crippen LogP contribution in [0.1, 0.15) is 34.2 Å². The number of allylic oxidation sites excluding steroid dienone is 1. The summed E-state index contributed by atoms with van der Waals surface area (Å²) in [4.78, 5) is 52.8. The number of amides is 2. The first-order valence-corrected chi connectivity index (χ1v) is 25.5. The molecule has 0 fully saturated rings. The highest BCUT2D eigenvalue weighted by Crippen LogP contribution is 2.44. The van der Waals surface area contributed by atoms with Crippen LogP contribution in [0.3, 0.4) is 0 Å².